The molecule has 0 bridgehead atoms. The first-order chi connectivity index (χ1) is 12.4. The summed E-state index contributed by atoms with van der Waals surface area (Å²) in [6, 6.07) is 7.62. The molecule has 0 atom stereocenters. The van der Waals surface area contributed by atoms with Crippen LogP contribution in [0.3, 0.4) is 0 Å². The highest BCUT2D eigenvalue weighted by Gasteiger charge is 2.17. The molecular weight excluding hydrogens is 382 g/mol. The highest BCUT2D eigenvalue weighted by molar-refractivity contribution is 7.90. The SMILES string of the molecule is C=CCn1/c(=N/S(=O)(=O)c2ccc(OC)cc2)sc2cc(F)cc(F)c21. The number of fused-ring (bicyclic) bond motifs is 1. The van der Waals surface area contributed by atoms with Gasteiger partial charge in [-0.3, -0.25) is 0 Å². The Kier molecular flexibility index (Phi) is 4.92. The maximum Gasteiger partial charge on any atom is 0.285 e. The Morgan fingerprint density at radius 3 is 2.58 bits per heavy atom. The Morgan fingerprint density at radius 1 is 1.27 bits per heavy atom. The summed E-state index contributed by atoms with van der Waals surface area (Å²) in [4.78, 5) is -0.00669. The lowest BCUT2D eigenvalue weighted by molar-refractivity contribution is 0.414. The van der Waals surface area contributed by atoms with Crippen LogP contribution < -0.4 is 9.54 Å². The number of hydrogen-bond donors (Lipinski definition) is 0. The fourth-order valence-electron chi connectivity index (χ4n) is 2.40. The molecule has 0 amide bonds. The lowest BCUT2D eigenvalue weighted by Gasteiger charge is -2.03. The van der Waals surface area contributed by atoms with E-state index in [-0.39, 0.29) is 26.5 Å². The van der Waals surface area contributed by atoms with Crippen LogP contribution in [0.15, 0.2) is 58.3 Å². The molecule has 1 heterocycles. The van der Waals surface area contributed by atoms with Gasteiger partial charge in [0.15, 0.2) is 5.82 Å². The number of benzene rings is 2. The molecule has 0 spiro atoms. The topological polar surface area (TPSA) is 60.7 Å². The van der Waals surface area contributed by atoms with E-state index >= 15 is 0 Å². The van der Waals surface area contributed by atoms with Crippen molar-refractivity contribution in [2.24, 2.45) is 4.40 Å². The van der Waals surface area contributed by atoms with Crippen molar-refractivity contribution in [3.05, 3.63) is 65.5 Å². The second kappa shape index (κ2) is 7.00. The summed E-state index contributed by atoms with van der Waals surface area (Å²) < 4.78 is 63.2. The van der Waals surface area contributed by atoms with Gasteiger partial charge >= 0.3 is 0 Å². The highest BCUT2D eigenvalue weighted by Crippen LogP contribution is 2.23. The van der Waals surface area contributed by atoms with Gasteiger partial charge in [0.25, 0.3) is 10.0 Å². The van der Waals surface area contributed by atoms with Gasteiger partial charge in [-0.2, -0.15) is 8.42 Å². The fraction of sp³-hybridized carbons (Fsp3) is 0.118. The van der Waals surface area contributed by atoms with Crippen molar-refractivity contribution in [3.63, 3.8) is 0 Å². The van der Waals surface area contributed by atoms with E-state index in [1.165, 1.54) is 42.0 Å². The van der Waals surface area contributed by atoms with Crippen LogP contribution in [-0.4, -0.2) is 20.1 Å². The van der Waals surface area contributed by atoms with Gasteiger partial charge in [0.1, 0.15) is 11.6 Å². The van der Waals surface area contributed by atoms with Crippen molar-refractivity contribution in [3.8, 4) is 5.75 Å². The lowest BCUT2D eigenvalue weighted by Crippen LogP contribution is -2.17. The Bertz CT molecular complexity index is 1150. The maximum absolute atomic E-state index is 14.2. The lowest BCUT2D eigenvalue weighted by atomic mass is 10.3. The van der Waals surface area contributed by atoms with Gasteiger partial charge in [-0.1, -0.05) is 17.4 Å². The van der Waals surface area contributed by atoms with Gasteiger partial charge in [0.05, 0.1) is 22.2 Å². The van der Waals surface area contributed by atoms with E-state index < -0.39 is 21.7 Å². The minimum absolute atomic E-state index is 0.0280. The first-order valence-electron chi connectivity index (χ1n) is 7.40. The first kappa shape index (κ1) is 18.3. The largest absolute Gasteiger partial charge is 0.497 e. The Hall–Kier alpha value is -2.52. The third kappa shape index (κ3) is 3.40. The minimum atomic E-state index is -4.04. The van der Waals surface area contributed by atoms with E-state index in [4.69, 9.17) is 4.74 Å². The summed E-state index contributed by atoms with van der Waals surface area (Å²) in [6.07, 6.45) is 1.48. The first-order valence-corrected chi connectivity index (χ1v) is 9.65. The van der Waals surface area contributed by atoms with Crippen molar-refractivity contribution in [2.45, 2.75) is 11.4 Å². The number of rotatable bonds is 5. The van der Waals surface area contributed by atoms with Gasteiger partial charge in [-0.15, -0.1) is 11.0 Å². The molecule has 3 aromatic rings. The highest BCUT2D eigenvalue weighted by atomic mass is 32.2. The molecule has 0 N–H and O–H groups in total. The van der Waals surface area contributed by atoms with Crippen LogP contribution in [0.2, 0.25) is 0 Å². The molecule has 3 rings (SSSR count). The van der Waals surface area contributed by atoms with Crippen LogP contribution in [0.25, 0.3) is 10.2 Å². The van der Waals surface area contributed by atoms with Gasteiger partial charge in [-0.05, 0) is 30.3 Å². The van der Waals surface area contributed by atoms with Crippen LogP contribution >= 0.6 is 11.3 Å². The van der Waals surface area contributed by atoms with Crippen LogP contribution in [0.4, 0.5) is 8.78 Å². The van der Waals surface area contributed by atoms with Gasteiger partial charge in [-0.25, -0.2) is 8.78 Å². The van der Waals surface area contributed by atoms with Gasteiger partial charge in [0.2, 0.25) is 4.80 Å². The average Bonchev–Trinajstić information content (AvgIpc) is 2.92. The minimum Gasteiger partial charge on any atom is -0.497 e. The molecule has 136 valence electrons. The number of halogens is 2. The summed E-state index contributed by atoms with van der Waals surface area (Å²) >= 11 is 0.886. The van der Waals surface area contributed by atoms with E-state index in [1.807, 2.05) is 0 Å². The zero-order valence-corrected chi connectivity index (χ0v) is 15.3. The van der Waals surface area contributed by atoms with Crippen molar-refractivity contribution in [1.82, 2.24) is 4.57 Å². The number of allylic oxidation sites excluding steroid dienone is 1. The van der Waals surface area contributed by atoms with E-state index in [0.29, 0.717) is 5.75 Å². The Balaban J connectivity index is 2.23. The molecule has 2 aromatic carbocycles. The van der Waals surface area contributed by atoms with Crippen molar-refractivity contribution < 1.29 is 21.9 Å². The molecule has 0 aliphatic rings. The molecule has 26 heavy (non-hydrogen) atoms. The fourth-order valence-corrected chi connectivity index (χ4v) is 4.68. The van der Waals surface area contributed by atoms with Gasteiger partial charge < -0.3 is 9.30 Å². The zero-order chi connectivity index (χ0) is 18.9. The average molecular weight is 396 g/mol. The number of methoxy groups -OCH3 is 1. The van der Waals surface area contributed by atoms with Gasteiger partial charge in [0, 0.05) is 12.6 Å². The molecule has 0 unspecified atom stereocenters. The normalized spacial score (nSPS) is 12.5. The van der Waals surface area contributed by atoms with Crippen LogP contribution in [0, 0.1) is 11.6 Å². The second-order valence-electron chi connectivity index (χ2n) is 5.26. The van der Waals surface area contributed by atoms with E-state index in [1.54, 1.807) is 0 Å². The number of ether oxygens (including phenoxy) is 1. The maximum atomic E-state index is 14.2. The molecule has 0 saturated heterocycles. The van der Waals surface area contributed by atoms with E-state index in [2.05, 4.69) is 11.0 Å². The Morgan fingerprint density at radius 2 is 1.96 bits per heavy atom. The molecule has 9 heteroatoms. The molecule has 0 saturated carbocycles. The quantitative estimate of drug-likeness (QED) is 0.621. The summed E-state index contributed by atoms with van der Waals surface area (Å²) in [6.45, 7) is 3.71. The summed E-state index contributed by atoms with van der Waals surface area (Å²) in [5, 5.41) is 0. The monoisotopic (exact) mass is 396 g/mol. The molecule has 1 aromatic heterocycles. The Labute approximate surface area is 152 Å². The van der Waals surface area contributed by atoms with Crippen LogP contribution in [0.5, 0.6) is 5.75 Å². The molecule has 0 aliphatic carbocycles. The zero-order valence-electron chi connectivity index (χ0n) is 13.6. The number of thiazole rings is 1. The predicted molar refractivity (Wildman–Crippen MR) is 95.7 cm³/mol. The second-order valence-corrected chi connectivity index (χ2v) is 7.87. The van der Waals surface area contributed by atoms with E-state index in [9.17, 15) is 17.2 Å². The number of nitrogens with zero attached hydrogens (tertiary/aromatic N) is 2. The third-order valence-corrected chi connectivity index (χ3v) is 5.98. The number of hydrogen-bond acceptors (Lipinski definition) is 4. The molecule has 5 nitrogen and oxygen atoms in total. The van der Waals surface area contributed by atoms with Crippen molar-refractivity contribution >= 4 is 31.6 Å². The van der Waals surface area contributed by atoms with Crippen LogP contribution in [0.1, 0.15) is 0 Å². The molecule has 0 aliphatic heterocycles. The standard InChI is InChI=1S/C17H14F2N2O3S2/c1-3-8-21-16-14(19)9-11(18)10-15(16)25-17(21)20-26(22,23)13-6-4-12(24-2)5-7-13/h3-7,9-10H,1,8H2,2H3/b20-17-. The predicted octanol–water partition coefficient (Wildman–Crippen LogP) is 3.47. The third-order valence-electron chi connectivity index (χ3n) is 3.56. The smallest absolute Gasteiger partial charge is 0.285 e. The number of aromatic nitrogens is 1. The summed E-state index contributed by atoms with van der Waals surface area (Å²) in [7, 11) is -2.57. The summed E-state index contributed by atoms with van der Waals surface area (Å²) in [5.41, 5.74) is 0.0833. The van der Waals surface area contributed by atoms with Crippen LogP contribution in [-0.2, 0) is 16.6 Å². The van der Waals surface area contributed by atoms with Crippen molar-refractivity contribution in [2.75, 3.05) is 7.11 Å². The molecule has 0 radical (unpaired) electrons. The number of sulfonamides is 1. The molecule has 0 fully saturated rings. The van der Waals surface area contributed by atoms with Crippen molar-refractivity contribution in [1.29, 1.82) is 0 Å². The van der Waals surface area contributed by atoms with E-state index in [0.717, 1.165) is 23.5 Å². The summed E-state index contributed by atoms with van der Waals surface area (Å²) in [5.74, 6) is -1.03. The molecular formula is C17H14F2N2O3S2.